The molecule has 0 saturated heterocycles. The number of allylic oxidation sites excluding steroid dienone is 10. The van der Waals surface area contributed by atoms with Crippen LogP contribution in [-0.2, 0) is 6.42 Å². The SMILES string of the molecule is C.C=C(/C=C(\C=C/CN(C)N)c1ccccc1)C(CCc1ccccc1)CC(/C=C\C)c1ccccc1.C=C/C=C(\CN)c1ccccc1.C=CC(=C)c1ccccc1.CC.CC.CN. The zero-order chi connectivity index (χ0) is 47.8. The van der Waals surface area contributed by atoms with Crippen LogP contribution in [0.5, 0.6) is 0 Å². The van der Waals surface area contributed by atoms with Crippen LogP contribution in [0.2, 0.25) is 0 Å². The Balaban J connectivity index is 0. The van der Waals surface area contributed by atoms with E-state index in [0.717, 1.165) is 41.5 Å². The monoisotopic (exact) mass is 873 g/mol. The van der Waals surface area contributed by atoms with Crippen molar-refractivity contribution in [2.45, 2.75) is 67.2 Å². The van der Waals surface area contributed by atoms with Crippen molar-refractivity contribution in [3.8, 4) is 0 Å². The summed E-state index contributed by atoms with van der Waals surface area (Å²) in [6.07, 6.45) is 19.6. The minimum absolute atomic E-state index is 0. The molecule has 0 bridgehead atoms. The highest BCUT2D eigenvalue weighted by molar-refractivity contribution is 5.76. The third-order valence-electron chi connectivity index (χ3n) is 9.55. The molecule has 0 aliphatic heterocycles. The number of nitrogens with two attached hydrogens (primary N) is 3. The Labute approximate surface area is 397 Å². The molecule has 0 saturated carbocycles. The standard InChI is InChI=1S/C34H40N2.C11H13N.C10H10.2C2H6.CH5N.CH4/c1-4-15-33(30-18-10-6-11-19-30)27-32(24-23-29-16-8-5-9-17-29)28(2)26-34(22-14-25-36(3)35)31-20-12-7-13-21-31;1-2-6-11(9-12)10-7-4-3-5-8-10;1-3-9(2)10-7-5-4-6-8-10;3*1-2;/h4-22,26,32-33H,2,23-25,27,35H2,1,3H3;2-8H,1,9,12H2;3-8H,1-2H2;2*1-2H3;2H2,1H3;1H4/b15-4-,22-14-,34-26+;11-6+;;;;;. The van der Waals surface area contributed by atoms with Crippen LogP contribution in [0.4, 0.5) is 0 Å². The number of hydrogen-bond donors (Lipinski definition) is 3. The zero-order valence-corrected chi connectivity index (χ0v) is 40.3. The van der Waals surface area contributed by atoms with Gasteiger partial charge in [-0.3, -0.25) is 5.84 Å². The Morgan fingerprint density at radius 3 is 1.58 bits per heavy atom. The van der Waals surface area contributed by atoms with Gasteiger partial charge in [-0.05, 0) is 83.7 Å². The lowest BCUT2D eigenvalue weighted by Gasteiger charge is -2.24. The minimum atomic E-state index is 0. The first-order valence-electron chi connectivity index (χ1n) is 22.6. The Kier molecular flexibility index (Phi) is 38.1. The Hall–Kier alpha value is -6.14. The van der Waals surface area contributed by atoms with Gasteiger partial charge in [0.15, 0.2) is 0 Å². The van der Waals surface area contributed by atoms with Crippen molar-refractivity contribution < 1.29 is 0 Å². The fourth-order valence-electron chi connectivity index (χ4n) is 6.37. The maximum atomic E-state index is 5.84. The average molecular weight is 873 g/mol. The largest absolute Gasteiger partial charge is 0.333 e. The number of nitrogens with zero attached hydrogens (tertiary/aromatic N) is 1. The molecule has 65 heavy (non-hydrogen) atoms. The van der Waals surface area contributed by atoms with Gasteiger partial charge in [-0.25, -0.2) is 5.01 Å². The van der Waals surface area contributed by atoms with Crippen molar-refractivity contribution in [3.63, 3.8) is 0 Å². The normalized spacial score (nSPS) is 11.4. The summed E-state index contributed by atoms with van der Waals surface area (Å²) >= 11 is 0. The zero-order valence-electron chi connectivity index (χ0n) is 40.3. The maximum Gasteiger partial charge on any atom is 0.0309 e. The average Bonchev–Trinajstić information content (AvgIpc) is 3.37. The van der Waals surface area contributed by atoms with Gasteiger partial charge in [0, 0.05) is 26.1 Å². The van der Waals surface area contributed by atoms with Crippen LogP contribution < -0.4 is 17.3 Å². The summed E-state index contributed by atoms with van der Waals surface area (Å²) in [4.78, 5) is 0. The summed E-state index contributed by atoms with van der Waals surface area (Å²) in [7, 11) is 3.37. The van der Waals surface area contributed by atoms with Crippen molar-refractivity contribution in [1.29, 1.82) is 0 Å². The second-order valence-corrected chi connectivity index (χ2v) is 14.0. The lowest BCUT2D eigenvalue weighted by molar-refractivity contribution is 0.389. The van der Waals surface area contributed by atoms with Crippen molar-refractivity contribution in [3.05, 3.63) is 260 Å². The summed E-state index contributed by atoms with van der Waals surface area (Å²) in [6, 6.07) is 52.2. The molecule has 0 amide bonds. The van der Waals surface area contributed by atoms with E-state index in [0.29, 0.717) is 24.9 Å². The molecule has 4 nitrogen and oxygen atoms in total. The maximum absolute atomic E-state index is 5.84. The molecule has 0 fully saturated rings. The molecule has 0 aliphatic rings. The van der Waals surface area contributed by atoms with Gasteiger partial charge in [-0.15, -0.1) is 0 Å². The topological polar surface area (TPSA) is 81.3 Å². The molecule has 0 aliphatic carbocycles. The molecular formula is C61H84N4. The van der Waals surface area contributed by atoms with E-state index < -0.39 is 0 Å². The van der Waals surface area contributed by atoms with Crippen LogP contribution in [0.3, 0.4) is 0 Å². The van der Waals surface area contributed by atoms with Crippen molar-refractivity contribution >= 4 is 16.7 Å². The summed E-state index contributed by atoms with van der Waals surface area (Å²) < 4.78 is 0. The number of aryl methyl sites for hydroxylation is 1. The highest BCUT2D eigenvalue weighted by atomic mass is 15.4. The van der Waals surface area contributed by atoms with Gasteiger partial charge in [-0.1, -0.05) is 267 Å². The fourth-order valence-corrected chi connectivity index (χ4v) is 6.37. The summed E-state index contributed by atoms with van der Waals surface area (Å²) in [5, 5.41) is 1.68. The molecule has 4 heteroatoms. The van der Waals surface area contributed by atoms with Crippen molar-refractivity contribution in [2.75, 3.05) is 27.2 Å². The molecule has 0 aromatic heterocycles. The smallest absolute Gasteiger partial charge is 0.0309 e. The number of benzene rings is 5. The van der Waals surface area contributed by atoms with Crippen LogP contribution >= 0.6 is 0 Å². The van der Waals surface area contributed by atoms with E-state index in [9.17, 15) is 0 Å². The first-order chi connectivity index (χ1) is 31.3. The Bertz CT molecular complexity index is 2040. The van der Waals surface area contributed by atoms with Crippen LogP contribution in [0, 0.1) is 5.92 Å². The molecule has 348 valence electrons. The fraction of sp³-hybridized carbons (Fsp3) is 0.246. The number of hydrazine groups is 1. The quantitative estimate of drug-likeness (QED) is 0.0355. The number of hydrogen-bond acceptors (Lipinski definition) is 4. The Morgan fingerprint density at radius 2 is 1.14 bits per heavy atom. The van der Waals surface area contributed by atoms with Gasteiger partial charge in [0.05, 0.1) is 0 Å². The first kappa shape index (κ1) is 60.9. The van der Waals surface area contributed by atoms with Crippen molar-refractivity contribution in [2.24, 2.45) is 23.2 Å². The molecular weight excluding hydrogens is 789 g/mol. The van der Waals surface area contributed by atoms with Crippen LogP contribution in [0.1, 0.15) is 88.6 Å². The van der Waals surface area contributed by atoms with E-state index in [1.165, 1.54) is 34.9 Å². The lowest BCUT2D eigenvalue weighted by atomic mass is 9.81. The Morgan fingerprint density at radius 1 is 0.677 bits per heavy atom. The predicted molar refractivity (Wildman–Crippen MR) is 295 cm³/mol. The molecule has 2 atom stereocenters. The van der Waals surface area contributed by atoms with Gasteiger partial charge < -0.3 is 11.5 Å². The lowest BCUT2D eigenvalue weighted by Crippen LogP contribution is -2.25. The van der Waals surface area contributed by atoms with Crippen LogP contribution in [0.15, 0.2) is 232 Å². The molecule has 0 radical (unpaired) electrons. The molecule has 5 aromatic rings. The molecule has 0 heterocycles. The van der Waals surface area contributed by atoms with E-state index in [4.69, 9.17) is 11.6 Å². The molecule has 0 spiro atoms. The van der Waals surface area contributed by atoms with Gasteiger partial charge in [0.2, 0.25) is 0 Å². The van der Waals surface area contributed by atoms with Crippen LogP contribution in [0.25, 0.3) is 16.7 Å². The summed E-state index contributed by atoms with van der Waals surface area (Å²) in [5.74, 6) is 6.53. The number of rotatable bonds is 18. The third kappa shape index (κ3) is 26.3. The van der Waals surface area contributed by atoms with Gasteiger partial charge in [0.25, 0.3) is 0 Å². The highest BCUT2D eigenvalue weighted by Gasteiger charge is 2.19. The summed E-state index contributed by atoms with van der Waals surface area (Å²) in [5.41, 5.74) is 20.7. The van der Waals surface area contributed by atoms with E-state index in [1.54, 1.807) is 17.2 Å². The molecule has 5 aromatic carbocycles. The van der Waals surface area contributed by atoms with Crippen LogP contribution in [-0.4, -0.2) is 32.2 Å². The van der Waals surface area contributed by atoms with Gasteiger partial charge in [-0.2, -0.15) is 0 Å². The van der Waals surface area contributed by atoms with E-state index >= 15 is 0 Å². The summed E-state index contributed by atoms with van der Waals surface area (Å²) in [6.45, 7) is 27.1. The molecule has 2 unspecified atom stereocenters. The molecule has 5 rings (SSSR count). The van der Waals surface area contributed by atoms with Crippen molar-refractivity contribution in [1.82, 2.24) is 5.01 Å². The van der Waals surface area contributed by atoms with Gasteiger partial charge >= 0.3 is 0 Å². The molecule has 6 N–H and O–H groups in total. The van der Waals surface area contributed by atoms with E-state index in [-0.39, 0.29) is 7.43 Å². The second-order valence-electron chi connectivity index (χ2n) is 14.0. The van der Waals surface area contributed by atoms with E-state index in [1.807, 2.05) is 101 Å². The van der Waals surface area contributed by atoms with Gasteiger partial charge in [0.1, 0.15) is 0 Å². The predicted octanol–water partition coefficient (Wildman–Crippen LogP) is 15.4. The minimum Gasteiger partial charge on any atom is -0.333 e. The second kappa shape index (κ2) is 40.6. The first-order valence-corrected chi connectivity index (χ1v) is 22.6. The number of likely N-dealkylation sites (N-methyl/N-ethyl adjacent to an activating group) is 1. The van der Waals surface area contributed by atoms with E-state index in [2.05, 4.69) is 160 Å². The third-order valence-corrected chi connectivity index (χ3v) is 9.55. The highest BCUT2D eigenvalue weighted by Crippen LogP contribution is 2.33.